The number of nitro benzene ring substituents is 1. The summed E-state index contributed by atoms with van der Waals surface area (Å²) < 4.78 is 33.1. The van der Waals surface area contributed by atoms with E-state index < -0.39 is 14.9 Å². The first-order valence-corrected chi connectivity index (χ1v) is 11.4. The van der Waals surface area contributed by atoms with Crippen LogP contribution in [0.1, 0.15) is 5.56 Å². The number of rotatable bonds is 9. The second kappa shape index (κ2) is 9.21. The van der Waals surface area contributed by atoms with Gasteiger partial charge < -0.3 is 10.1 Å². The fraction of sp³-hybridized carbons (Fsp3) is 0.130. The number of non-ortho nitro benzene ring substituents is 1. The molecule has 0 aliphatic rings. The van der Waals surface area contributed by atoms with Crippen molar-refractivity contribution in [2.45, 2.75) is 11.4 Å². The molecule has 1 aromatic heterocycles. The van der Waals surface area contributed by atoms with Crippen LogP contribution in [0.4, 0.5) is 5.69 Å². The second-order valence-corrected chi connectivity index (χ2v) is 8.88. The highest BCUT2D eigenvalue weighted by atomic mass is 32.2. The van der Waals surface area contributed by atoms with E-state index in [4.69, 9.17) is 4.74 Å². The third kappa shape index (κ3) is 4.48. The standard InChI is InChI=1S/C23H21N3O5S/c27-26(28)19-11-9-18(10-12-19)17-24-14-16-31-23-8-4-7-22-21(23)13-15-25(22)32(29,30)20-5-2-1-3-6-20/h1-13,15,24H,14,16-17H2. The van der Waals surface area contributed by atoms with E-state index in [1.54, 1.807) is 66.7 Å². The number of nitrogens with zero attached hydrogens (tertiary/aromatic N) is 2. The van der Waals surface area contributed by atoms with Gasteiger partial charge in [-0.25, -0.2) is 12.4 Å². The average molecular weight is 452 g/mol. The molecule has 164 valence electrons. The van der Waals surface area contributed by atoms with Gasteiger partial charge in [0, 0.05) is 36.8 Å². The lowest BCUT2D eigenvalue weighted by Gasteiger charge is -2.10. The summed E-state index contributed by atoms with van der Waals surface area (Å²) in [4.78, 5) is 10.5. The number of ether oxygens (including phenoxy) is 1. The van der Waals surface area contributed by atoms with Crippen LogP contribution >= 0.6 is 0 Å². The topological polar surface area (TPSA) is 103 Å². The lowest BCUT2D eigenvalue weighted by atomic mass is 10.2. The summed E-state index contributed by atoms with van der Waals surface area (Å²) in [7, 11) is -3.70. The van der Waals surface area contributed by atoms with Gasteiger partial charge in [-0.1, -0.05) is 36.4 Å². The molecule has 0 atom stereocenters. The van der Waals surface area contributed by atoms with Crippen LogP contribution in [0.2, 0.25) is 0 Å². The van der Waals surface area contributed by atoms with Gasteiger partial charge in [0.15, 0.2) is 0 Å². The molecule has 0 aliphatic heterocycles. The van der Waals surface area contributed by atoms with Gasteiger partial charge in [-0.3, -0.25) is 10.1 Å². The Balaban J connectivity index is 1.40. The van der Waals surface area contributed by atoms with Gasteiger partial charge in [0.2, 0.25) is 0 Å². The largest absolute Gasteiger partial charge is 0.492 e. The molecule has 4 aromatic rings. The van der Waals surface area contributed by atoms with Crippen LogP contribution in [0, 0.1) is 10.1 Å². The minimum absolute atomic E-state index is 0.0615. The molecule has 0 aliphatic carbocycles. The molecule has 1 heterocycles. The number of benzene rings is 3. The lowest BCUT2D eigenvalue weighted by Crippen LogP contribution is -2.20. The minimum atomic E-state index is -3.70. The van der Waals surface area contributed by atoms with Crippen molar-refractivity contribution in [3.8, 4) is 5.75 Å². The number of hydrogen-bond acceptors (Lipinski definition) is 6. The summed E-state index contributed by atoms with van der Waals surface area (Å²) in [5, 5.41) is 14.6. The maximum absolute atomic E-state index is 13.0. The van der Waals surface area contributed by atoms with Crippen molar-refractivity contribution in [1.29, 1.82) is 0 Å². The molecule has 0 fully saturated rings. The molecule has 0 unspecified atom stereocenters. The Kier molecular flexibility index (Phi) is 6.20. The summed E-state index contributed by atoms with van der Waals surface area (Å²) >= 11 is 0. The number of nitrogens with one attached hydrogen (secondary N) is 1. The van der Waals surface area contributed by atoms with E-state index in [1.807, 2.05) is 0 Å². The van der Waals surface area contributed by atoms with E-state index in [2.05, 4.69) is 5.32 Å². The Morgan fingerprint density at radius 1 is 0.938 bits per heavy atom. The maximum Gasteiger partial charge on any atom is 0.269 e. The van der Waals surface area contributed by atoms with Gasteiger partial charge in [-0.2, -0.15) is 0 Å². The highest BCUT2D eigenvalue weighted by Crippen LogP contribution is 2.29. The summed E-state index contributed by atoms with van der Waals surface area (Å²) in [5.74, 6) is 0.599. The van der Waals surface area contributed by atoms with Crippen LogP contribution in [0.25, 0.3) is 10.9 Å². The molecular weight excluding hydrogens is 430 g/mol. The smallest absolute Gasteiger partial charge is 0.269 e. The molecule has 32 heavy (non-hydrogen) atoms. The molecule has 0 radical (unpaired) electrons. The van der Waals surface area contributed by atoms with E-state index in [0.29, 0.717) is 36.3 Å². The zero-order valence-electron chi connectivity index (χ0n) is 17.0. The molecule has 0 saturated carbocycles. The molecule has 9 heteroatoms. The second-order valence-electron chi connectivity index (χ2n) is 7.07. The first-order chi connectivity index (χ1) is 15.5. The monoisotopic (exact) mass is 451 g/mol. The Labute approximate surface area is 185 Å². The zero-order valence-corrected chi connectivity index (χ0v) is 17.9. The van der Waals surface area contributed by atoms with Crippen LogP contribution in [0.5, 0.6) is 5.75 Å². The van der Waals surface area contributed by atoms with Gasteiger partial charge in [0.1, 0.15) is 12.4 Å². The van der Waals surface area contributed by atoms with Gasteiger partial charge in [-0.05, 0) is 35.9 Å². The molecular formula is C23H21N3O5S. The van der Waals surface area contributed by atoms with Gasteiger partial charge >= 0.3 is 0 Å². The normalized spacial score (nSPS) is 11.5. The maximum atomic E-state index is 13.0. The minimum Gasteiger partial charge on any atom is -0.492 e. The summed E-state index contributed by atoms with van der Waals surface area (Å²) in [6.07, 6.45) is 1.53. The average Bonchev–Trinajstić information content (AvgIpc) is 3.26. The van der Waals surface area contributed by atoms with Crippen LogP contribution in [0.3, 0.4) is 0 Å². The third-order valence-corrected chi connectivity index (χ3v) is 6.67. The van der Waals surface area contributed by atoms with Crippen molar-refractivity contribution in [1.82, 2.24) is 9.29 Å². The van der Waals surface area contributed by atoms with Gasteiger partial charge in [0.05, 0.1) is 15.3 Å². The van der Waals surface area contributed by atoms with Crippen molar-refractivity contribution >= 4 is 26.6 Å². The van der Waals surface area contributed by atoms with E-state index >= 15 is 0 Å². The van der Waals surface area contributed by atoms with Crippen LogP contribution < -0.4 is 10.1 Å². The van der Waals surface area contributed by atoms with Crippen molar-refractivity contribution in [3.63, 3.8) is 0 Å². The highest BCUT2D eigenvalue weighted by molar-refractivity contribution is 7.90. The van der Waals surface area contributed by atoms with E-state index in [-0.39, 0.29) is 10.6 Å². The van der Waals surface area contributed by atoms with Crippen LogP contribution in [-0.2, 0) is 16.6 Å². The first-order valence-electron chi connectivity index (χ1n) is 9.94. The number of hydrogen-bond donors (Lipinski definition) is 1. The quantitative estimate of drug-likeness (QED) is 0.235. The van der Waals surface area contributed by atoms with E-state index in [0.717, 1.165) is 5.56 Å². The molecule has 4 rings (SSSR count). The Morgan fingerprint density at radius 3 is 2.41 bits per heavy atom. The fourth-order valence-electron chi connectivity index (χ4n) is 3.36. The molecule has 1 N–H and O–H groups in total. The van der Waals surface area contributed by atoms with Crippen LogP contribution in [-0.4, -0.2) is 30.5 Å². The summed E-state index contributed by atoms with van der Waals surface area (Å²) in [6.45, 7) is 1.48. The van der Waals surface area contributed by atoms with Crippen molar-refractivity contribution in [3.05, 3.63) is 101 Å². The molecule has 0 spiro atoms. The molecule has 0 amide bonds. The number of fused-ring (bicyclic) bond motifs is 1. The Bertz CT molecular complexity index is 1330. The Morgan fingerprint density at radius 2 is 1.69 bits per heavy atom. The van der Waals surface area contributed by atoms with Crippen molar-refractivity contribution in [2.24, 2.45) is 0 Å². The van der Waals surface area contributed by atoms with Gasteiger partial charge in [0.25, 0.3) is 15.7 Å². The van der Waals surface area contributed by atoms with E-state index in [1.165, 1.54) is 22.3 Å². The lowest BCUT2D eigenvalue weighted by molar-refractivity contribution is -0.384. The highest BCUT2D eigenvalue weighted by Gasteiger charge is 2.19. The molecule has 8 nitrogen and oxygen atoms in total. The van der Waals surface area contributed by atoms with Crippen molar-refractivity contribution < 1.29 is 18.1 Å². The molecule has 0 bridgehead atoms. The number of aromatic nitrogens is 1. The number of nitro groups is 1. The zero-order chi connectivity index (χ0) is 22.6. The Hall–Kier alpha value is -3.69. The molecule has 3 aromatic carbocycles. The van der Waals surface area contributed by atoms with Crippen LogP contribution in [0.15, 0.2) is 90.0 Å². The van der Waals surface area contributed by atoms with Crippen molar-refractivity contribution in [2.75, 3.05) is 13.2 Å². The predicted octanol–water partition coefficient (Wildman–Crippen LogP) is 3.96. The third-order valence-electron chi connectivity index (χ3n) is 4.97. The first kappa shape index (κ1) is 21.5. The summed E-state index contributed by atoms with van der Waals surface area (Å²) in [6, 6.07) is 21.7. The SMILES string of the molecule is O=[N+]([O-])c1ccc(CNCCOc2cccc3c2ccn3S(=O)(=O)c2ccccc2)cc1. The molecule has 0 saturated heterocycles. The fourth-order valence-corrected chi connectivity index (χ4v) is 4.72. The van der Waals surface area contributed by atoms with E-state index in [9.17, 15) is 18.5 Å². The van der Waals surface area contributed by atoms with Gasteiger partial charge in [-0.15, -0.1) is 0 Å². The summed E-state index contributed by atoms with van der Waals surface area (Å²) in [5.41, 5.74) is 1.54. The predicted molar refractivity (Wildman–Crippen MR) is 121 cm³/mol.